The lowest BCUT2D eigenvalue weighted by molar-refractivity contribution is 0.0690. The molecule has 0 aliphatic heterocycles. The maximum absolute atomic E-state index is 10.6. The van der Waals surface area contributed by atoms with E-state index in [0.29, 0.717) is 11.2 Å². The Balaban J connectivity index is 2.67. The molecule has 0 unspecified atom stereocenters. The number of rotatable bonds is 1. The van der Waals surface area contributed by atoms with Crippen LogP contribution in [-0.4, -0.2) is 25.7 Å². The van der Waals surface area contributed by atoms with Crippen molar-refractivity contribution in [3.05, 3.63) is 29.7 Å². The number of aromatic nitrogens is 3. The molecule has 0 radical (unpaired) electrons. The molecule has 0 atom stereocenters. The number of carboxylic acids is 1. The maximum atomic E-state index is 10.6. The van der Waals surface area contributed by atoms with Crippen LogP contribution in [0.2, 0.25) is 0 Å². The van der Waals surface area contributed by atoms with E-state index in [1.807, 2.05) is 6.07 Å². The smallest absolute Gasteiger partial charge is 0.356 e. The molecule has 0 saturated carbocycles. The highest BCUT2D eigenvalue weighted by Gasteiger charge is 2.09. The van der Waals surface area contributed by atoms with Gasteiger partial charge in [0.25, 0.3) is 0 Å². The summed E-state index contributed by atoms with van der Waals surface area (Å²) in [5.41, 5.74) is 0.645. The van der Waals surface area contributed by atoms with Crippen LogP contribution >= 0.6 is 0 Å². The number of carbonyl (C=O) groups is 1. The highest BCUT2D eigenvalue weighted by Crippen LogP contribution is 2.04. The van der Waals surface area contributed by atoms with Gasteiger partial charge in [-0.05, 0) is 0 Å². The van der Waals surface area contributed by atoms with Gasteiger partial charge in [0.1, 0.15) is 6.07 Å². The Hall–Kier alpha value is -2.42. The molecule has 2 aromatic rings. The summed E-state index contributed by atoms with van der Waals surface area (Å²) in [6.07, 6.45) is 2.79. The molecule has 0 bridgehead atoms. The van der Waals surface area contributed by atoms with Gasteiger partial charge in [-0.3, -0.25) is 0 Å². The van der Waals surface area contributed by atoms with E-state index in [-0.39, 0.29) is 5.69 Å². The molecule has 2 heterocycles. The number of hydrogen-bond acceptors (Lipinski definition) is 4. The van der Waals surface area contributed by atoms with Crippen molar-refractivity contribution in [3.8, 4) is 6.07 Å². The Morgan fingerprint density at radius 2 is 2.43 bits per heavy atom. The minimum atomic E-state index is -1.12. The maximum Gasteiger partial charge on any atom is 0.356 e. The van der Waals surface area contributed by atoms with Crippen molar-refractivity contribution in [2.24, 2.45) is 0 Å². The highest BCUT2D eigenvalue weighted by molar-refractivity contribution is 5.86. The van der Waals surface area contributed by atoms with E-state index in [4.69, 9.17) is 10.4 Å². The van der Waals surface area contributed by atoms with Crippen LogP contribution in [0.3, 0.4) is 0 Å². The first-order valence-electron chi connectivity index (χ1n) is 3.69. The minimum Gasteiger partial charge on any atom is -0.476 e. The third kappa shape index (κ3) is 1.17. The van der Waals surface area contributed by atoms with Gasteiger partial charge in [0.2, 0.25) is 0 Å². The van der Waals surface area contributed by atoms with E-state index in [2.05, 4.69) is 10.1 Å². The average Bonchev–Trinajstić information content (AvgIpc) is 2.59. The summed E-state index contributed by atoms with van der Waals surface area (Å²) in [5.74, 6) is -1.12. The van der Waals surface area contributed by atoms with Crippen LogP contribution in [0.4, 0.5) is 0 Å². The van der Waals surface area contributed by atoms with Crippen LogP contribution in [0.25, 0.3) is 5.65 Å². The quantitative estimate of drug-likeness (QED) is 0.694. The van der Waals surface area contributed by atoms with Crippen LogP contribution < -0.4 is 0 Å². The first kappa shape index (κ1) is 8.19. The number of hydrogen-bond donors (Lipinski definition) is 1. The SMILES string of the molecule is N#Cc1cnc2cc(C(=O)O)nn2c1. The van der Waals surface area contributed by atoms with E-state index in [0.717, 1.165) is 0 Å². The van der Waals surface area contributed by atoms with Crippen molar-refractivity contribution in [2.45, 2.75) is 0 Å². The van der Waals surface area contributed by atoms with Gasteiger partial charge in [-0.25, -0.2) is 14.3 Å². The molecular formula is C8H4N4O2. The lowest BCUT2D eigenvalue weighted by Gasteiger charge is -1.90. The third-order valence-corrected chi connectivity index (χ3v) is 1.66. The predicted molar refractivity (Wildman–Crippen MR) is 44.7 cm³/mol. The molecule has 14 heavy (non-hydrogen) atoms. The molecule has 0 aliphatic rings. The zero-order chi connectivity index (χ0) is 10.1. The number of aromatic carboxylic acids is 1. The summed E-state index contributed by atoms with van der Waals surface area (Å²) in [7, 11) is 0. The zero-order valence-corrected chi connectivity index (χ0v) is 6.88. The Bertz CT molecular complexity index is 552. The van der Waals surface area contributed by atoms with Crippen molar-refractivity contribution in [2.75, 3.05) is 0 Å². The first-order valence-corrected chi connectivity index (χ1v) is 3.69. The molecule has 0 fully saturated rings. The summed E-state index contributed by atoms with van der Waals surface area (Å²) < 4.78 is 1.27. The van der Waals surface area contributed by atoms with Crippen molar-refractivity contribution < 1.29 is 9.90 Å². The molecule has 2 aromatic heterocycles. The topological polar surface area (TPSA) is 91.3 Å². The van der Waals surface area contributed by atoms with Crippen LogP contribution in [-0.2, 0) is 0 Å². The molecule has 6 heteroatoms. The predicted octanol–water partition coefficient (Wildman–Crippen LogP) is 0.299. The normalized spacial score (nSPS) is 9.93. The van der Waals surface area contributed by atoms with Crippen molar-refractivity contribution in [1.29, 1.82) is 5.26 Å². The monoisotopic (exact) mass is 188 g/mol. The summed E-state index contributed by atoms with van der Waals surface area (Å²) >= 11 is 0. The lowest BCUT2D eigenvalue weighted by Crippen LogP contribution is -1.97. The molecule has 2 rings (SSSR count). The summed E-state index contributed by atoms with van der Waals surface area (Å²) in [4.78, 5) is 14.4. The minimum absolute atomic E-state index is 0.0902. The highest BCUT2D eigenvalue weighted by atomic mass is 16.4. The summed E-state index contributed by atoms with van der Waals surface area (Å²) in [6, 6.07) is 3.22. The van der Waals surface area contributed by atoms with E-state index >= 15 is 0 Å². The molecule has 0 aromatic carbocycles. The Morgan fingerprint density at radius 1 is 1.64 bits per heavy atom. The molecule has 1 N–H and O–H groups in total. The van der Waals surface area contributed by atoms with Gasteiger partial charge >= 0.3 is 5.97 Å². The van der Waals surface area contributed by atoms with Crippen molar-refractivity contribution in [1.82, 2.24) is 14.6 Å². The van der Waals surface area contributed by atoms with Gasteiger partial charge in [-0.15, -0.1) is 0 Å². The van der Waals surface area contributed by atoms with Gasteiger partial charge in [-0.1, -0.05) is 0 Å². The molecular weight excluding hydrogens is 184 g/mol. The Kier molecular flexibility index (Phi) is 1.65. The van der Waals surface area contributed by atoms with Crippen LogP contribution in [0, 0.1) is 11.3 Å². The fraction of sp³-hybridized carbons (Fsp3) is 0. The van der Waals surface area contributed by atoms with Crippen LogP contribution in [0.5, 0.6) is 0 Å². The number of nitrogens with zero attached hydrogens (tertiary/aromatic N) is 4. The van der Waals surface area contributed by atoms with E-state index in [1.54, 1.807) is 0 Å². The molecule has 6 nitrogen and oxygen atoms in total. The Labute approximate surface area is 78.0 Å². The van der Waals surface area contributed by atoms with Gasteiger partial charge in [0.15, 0.2) is 11.3 Å². The molecule has 68 valence electrons. The number of carboxylic acid groups (broad SMARTS) is 1. The fourth-order valence-electron chi connectivity index (χ4n) is 1.04. The second kappa shape index (κ2) is 2.81. The second-order valence-electron chi connectivity index (χ2n) is 2.59. The zero-order valence-electron chi connectivity index (χ0n) is 6.88. The van der Waals surface area contributed by atoms with Gasteiger partial charge in [0, 0.05) is 12.3 Å². The summed E-state index contributed by atoms with van der Waals surface area (Å²) in [6.45, 7) is 0. The fourth-order valence-corrected chi connectivity index (χ4v) is 1.04. The van der Waals surface area contributed by atoms with E-state index in [9.17, 15) is 4.79 Å². The standard InChI is InChI=1S/C8H4N4O2/c9-2-5-3-10-7-1-6(8(13)14)11-12(7)4-5/h1,3-4H,(H,13,14). The summed E-state index contributed by atoms with van der Waals surface area (Å²) in [5, 5.41) is 20.9. The number of nitriles is 1. The molecule has 0 spiro atoms. The lowest BCUT2D eigenvalue weighted by atomic mass is 10.4. The van der Waals surface area contributed by atoms with Gasteiger partial charge in [0.05, 0.1) is 11.8 Å². The average molecular weight is 188 g/mol. The van der Waals surface area contributed by atoms with Gasteiger partial charge < -0.3 is 5.11 Å². The van der Waals surface area contributed by atoms with E-state index in [1.165, 1.54) is 23.0 Å². The van der Waals surface area contributed by atoms with Crippen LogP contribution in [0.1, 0.15) is 16.1 Å². The Morgan fingerprint density at radius 3 is 3.07 bits per heavy atom. The molecule has 0 aliphatic carbocycles. The largest absolute Gasteiger partial charge is 0.476 e. The van der Waals surface area contributed by atoms with E-state index < -0.39 is 5.97 Å². The second-order valence-corrected chi connectivity index (χ2v) is 2.59. The number of fused-ring (bicyclic) bond motifs is 1. The van der Waals surface area contributed by atoms with Crippen molar-refractivity contribution in [3.63, 3.8) is 0 Å². The third-order valence-electron chi connectivity index (χ3n) is 1.66. The first-order chi connectivity index (χ1) is 6.70. The van der Waals surface area contributed by atoms with Crippen LogP contribution in [0.15, 0.2) is 18.5 Å². The van der Waals surface area contributed by atoms with Crippen molar-refractivity contribution >= 4 is 11.6 Å². The van der Waals surface area contributed by atoms with Gasteiger partial charge in [-0.2, -0.15) is 10.4 Å². The molecule has 0 amide bonds. The molecule has 0 saturated heterocycles.